The zero-order valence-corrected chi connectivity index (χ0v) is 9.61. The third kappa shape index (κ3) is 2.49. The van der Waals surface area contributed by atoms with Crippen molar-refractivity contribution in [2.24, 2.45) is 0 Å². The molecule has 0 N–H and O–H groups in total. The van der Waals surface area contributed by atoms with Gasteiger partial charge in [-0.15, -0.1) is 0 Å². The summed E-state index contributed by atoms with van der Waals surface area (Å²) in [5, 5.41) is 8.70. The summed E-state index contributed by atoms with van der Waals surface area (Å²) in [6, 6.07) is 3.59. The average molecular weight is 266 g/mol. The number of nitriles is 1. The predicted octanol–water partition coefficient (Wildman–Crippen LogP) is 2.73. The van der Waals surface area contributed by atoms with Crippen LogP contribution in [0.2, 0.25) is 0 Å². The molecule has 0 heterocycles. The summed E-state index contributed by atoms with van der Waals surface area (Å²) in [5.74, 6) is 0. The van der Waals surface area contributed by atoms with Gasteiger partial charge in [-0.25, -0.2) is 17.2 Å². The molecule has 1 rings (SSSR count). The molecule has 0 fully saturated rings. The molecule has 0 spiro atoms. The molecule has 0 bridgehead atoms. The molecule has 7 heteroatoms. The normalized spacial score (nSPS) is 11.5. The molecule has 0 amide bonds. The van der Waals surface area contributed by atoms with Crippen LogP contribution in [0.1, 0.15) is 23.1 Å². The lowest BCUT2D eigenvalue weighted by atomic mass is 10.1. The van der Waals surface area contributed by atoms with E-state index in [2.05, 4.69) is 0 Å². The first-order valence-electron chi connectivity index (χ1n) is 4.05. The third-order valence-electron chi connectivity index (χ3n) is 1.89. The fourth-order valence-electron chi connectivity index (χ4n) is 1.26. The second-order valence-corrected chi connectivity index (χ2v) is 5.61. The molecule has 1 aromatic carbocycles. The molecule has 0 aliphatic rings. The highest BCUT2D eigenvalue weighted by molar-refractivity contribution is 8.13. The summed E-state index contributed by atoms with van der Waals surface area (Å²) >= 11 is 0. The van der Waals surface area contributed by atoms with Crippen molar-refractivity contribution in [3.63, 3.8) is 0 Å². The van der Waals surface area contributed by atoms with Gasteiger partial charge in [-0.1, -0.05) is 0 Å². The van der Waals surface area contributed by atoms with Crippen LogP contribution >= 0.6 is 10.7 Å². The molecule has 0 aromatic heterocycles. The Kier molecular flexibility index (Phi) is 3.51. The number of aryl methyl sites for hydroxylation is 1. The van der Waals surface area contributed by atoms with E-state index in [4.69, 9.17) is 15.9 Å². The monoisotopic (exact) mass is 265 g/mol. The minimum atomic E-state index is -4.21. The zero-order chi connectivity index (χ0) is 12.5. The van der Waals surface area contributed by atoms with Crippen LogP contribution in [0.3, 0.4) is 0 Å². The van der Waals surface area contributed by atoms with Crippen LogP contribution in [0.5, 0.6) is 0 Å². The van der Waals surface area contributed by atoms with Gasteiger partial charge in [0, 0.05) is 16.2 Å². The average Bonchev–Trinajstić information content (AvgIpc) is 2.14. The minimum absolute atomic E-state index is 0.300. The van der Waals surface area contributed by atoms with Crippen molar-refractivity contribution in [3.05, 3.63) is 28.8 Å². The highest BCUT2D eigenvalue weighted by Gasteiger charge is 2.23. The Bertz CT molecular complexity index is 564. The van der Waals surface area contributed by atoms with E-state index in [1.165, 1.54) is 13.0 Å². The smallest absolute Gasteiger partial charge is 0.207 e. The predicted molar refractivity (Wildman–Crippen MR) is 53.9 cm³/mol. The SMILES string of the molecule is Cc1cc(C(F)F)c(C#N)c(S(=O)(=O)Cl)c1. The molecule has 1 aromatic rings. The van der Waals surface area contributed by atoms with Gasteiger partial charge in [-0.3, -0.25) is 0 Å². The number of benzene rings is 1. The first-order valence-corrected chi connectivity index (χ1v) is 6.35. The molecule has 0 saturated heterocycles. The lowest BCUT2D eigenvalue weighted by Gasteiger charge is -2.08. The van der Waals surface area contributed by atoms with Crippen molar-refractivity contribution in [1.29, 1.82) is 5.26 Å². The summed E-state index contributed by atoms with van der Waals surface area (Å²) in [7, 11) is 0.860. The van der Waals surface area contributed by atoms with E-state index in [1.807, 2.05) is 0 Å². The van der Waals surface area contributed by atoms with Gasteiger partial charge in [0.05, 0.1) is 5.56 Å². The Hall–Kier alpha value is -1.19. The number of rotatable bonds is 2. The molecular weight excluding hydrogens is 260 g/mol. The Balaban J connectivity index is 3.71. The zero-order valence-electron chi connectivity index (χ0n) is 8.04. The molecule has 0 aliphatic heterocycles. The number of hydrogen-bond donors (Lipinski definition) is 0. The second kappa shape index (κ2) is 4.36. The van der Waals surface area contributed by atoms with Crippen LogP contribution in [0.25, 0.3) is 0 Å². The van der Waals surface area contributed by atoms with Gasteiger partial charge >= 0.3 is 0 Å². The van der Waals surface area contributed by atoms with Crippen molar-refractivity contribution in [2.45, 2.75) is 18.2 Å². The van der Waals surface area contributed by atoms with Crippen molar-refractivity contribution in [2.75, 3.05) is 0 Å². The van der Waals surface area contributed by atoms with E-state index >= 15 is 0 Å². The van der Waals surface area contributed by atoms with Gasteiger partial charge in [0.1, 0.15) is 11.0 Å². The minimum Gasteiger partial charge on any atom is -0.207 e. The molecule has 3 nitrogen and oxygen atoms in total. The molecule has 16 heavy (non-hydrogen) atoms. The van der Waals surface area contributed by atoms with Gasteiger partial charge in [0.2, 0.25) is 0 Å². The number of hydrogen-bond acceptors (Lipinski definition) is 3. The van der Waals surface area contributed by atoms with Crippen molar-refractivity contribution < 1.29 is 17.2 Å². The molecule has 0 radical (unpaired) electrons. The van der Waals surface area contributed by atoms with Crippen molar-refractivity contribution >= 4 is 19.7 Å². The van der Waals surface area contributed by atoms with E-state index in [0.717, 1.165) is 12.1 Å². The molecule has 86 valence electrons. The van der Waals surface area contributed by atoms with Crippen LogP contribution in [-0.2, 0) is 9.05 Å². The summed E-state index contributed by atoms with van der Waals surface area (Å²) in [4.78, 5) is -0.577. The Labute approximate surface area is 95.7 Å². The largest absolute Gasteiger partial charge is 0.265 e. The summed E-state index contributed by atoms with van der Waals surface area (Å²) < 4.78 is 47.4. The number of halogens is 3. The van der Waals surface area contributed by atoms with Crippen molar-refractivity contribution in [1.82, 2.24) is 0 Å². The van der Waals surface area contributed by atoms with Crippen LogP contribution in [-0.4, -0.2) is 8.42 Å². The number of alkyl halides is 2. The fourth-order valence-corrected chi connectivity index (χ4v) is 2.36. The Morgan fingerprint density at radius 1 is 1.44 bits per heavy atom. The van der Waals surface area contributed by atoms with E-state index in [0.29, 0.717) is 5.56 Å². The first kappa shape index (κ1) is 12.9. The molecular formula is C9H6ClF2NO2S. The summed E-state index contributed by atoms with van der Waals surface area (Å²) in [6.07, 6.45) is -2.92. The van der Waals surface area contributed by atoms with E-state index in [-0.39, 0.29) is 0 Å². The van der Waals surface area contributed by atoms with Crippen LogP contribution < -0.4 is 0 Å². The summed E-state index contributed by atoms with van der Waals surface area (Å²) in [6.45, 7) is 1.44. The van der Waals surface area contributed by atoms with Crippen molar-refractivity contribution in [3.8, 4) is 6.07 Å². The van der Waals surface area contributed by atoms with E-state index in [9.17, 15) is 17.2 Å². The van der Waals surface area contributed by atoms with Crippen LogP contribution in [0.4, 0.5) is 8.78 Å². The number of nitrogens with zero attached hydrogens (tertiary/aromatic N) is 1. The standard InChI is InChI=1S/C9H6ClF2NO2S/c1-5-2-6(9(11)12)7(4-13)8(3-5)16(10,14)15/h2-3,9H,1H3. The topological polar surface area (TPSA) is 57.9 Å². The van der Waals surface area contributed by atoms with E-state index < -0.39 is 31.5 Å². The van der Waals surface area contributed by atoms with Gasteiger partial charge in [0.25, 0.3) is 15.5 Å². The highest BCUT2D eigenvalue weighted by Crippen LogP contribution is 2.30. The lowest BCUT2D eigenvalue weighted by Crippen LogP contribution is -2.01. The second-order valence-electron chi connectivity index (χ2n) is 3.08. The van der Waals surface area contributed by atoms with Crippen LogP contribution in [0, 0.1) is 18.3 Å². The van der Waals surface area contributed by atoms with Gasteiger partial charge in [-0.2, -0.15) is 5.26 Å². The quantitative estimate of drug-likeness (QED) is 0.773. The molecule has 0 atom stereocenters. The van der Waals surface area contributed by atoms with Crippen LogP contribution in [0.15, 0.2) is 17.0 Å². The first-order chi connectivity index (χ1) is 7.27. The molecule has 0 unspecified atom stereocenters. The summed E-state index contributed by atoms with van der Waals surface area (Å²) in [5.41, 5.74) is -0.925. The lowest BCUT2D eigenvalue weighted by molar-refractivity contribution is 0.150. The maximum atomic E-state index is 12.6. The Morgan fingerprint density at radius 2 is 2.00 bits per heavy atom. The molecule has 0 aliphatic carbocycles. The maximum Gasteiger partial charge on any atom is 0.265 e. The van der Waals surface area contributed by atoms with E-state index in [1.54, 1.807) is 0 Å². The van der Waals surface area contributed by atoms with Gasteiger partial charge in [-0.05, 0) is 24.6 Å². The fraction of sp³-hybridized carbons (Fsp3) is 0.222. The Morgan fingerprint density at radius 3 is 2.38 bits per heavy atom. The maximum absolute atomic E-state index is 12.6. The van der Waals surface area contributed by atoms with Gasteiger partial charge < -0.3 is 0 Å². The highest BCUT2D eigenvalue weighted by atomic mass is 35.7. The van der Waals surface area contributed by atoms with Gasteiger partial charge in [0.15, 0.2) is 0 Å². The third-order valence-corrected chi connectivity index (χ3v) is 3.23. The molecule has 0 saturated carbocycles.